The van der Waals surface area contributed by atoms with Gasteiger partial charge in [0.15, 0.2) is 24.5 Å². The van der Waals surface area contributed by atoms with E-state index in [1.165, 1.54) is 0 Å². The maximum atomic E-state index is 14.8. The number of fused-ring (bicyclic) bond motifs is 7. The van der Waals surface area contributed by atoms with Crippen LogP contribution in [-0.4, -0.2) is 133 Å². The highest BCUT2D eigenvalue weighted by atomic mass is 16.7. The smallest absolute Gasteiger partial charge is 0.335 e. The molecule has 7 rings (SSSR count). The Hall–Kier alpha value is -2.05. The molecular weight excluding hydrogens is 744 g/mol. The molecule has 0 aromatic carbocycles. The van der Waals surface area contributed by atoms with Gasteiger partial charge in [0, 0.05) is 5.92 Å². The Bertz CT molecular complexity index is 1650. The summed E-state index contributed by atoms with van der Waals surface area (Å²) in [6, 6.07) is 0. The number of allylic oxidation sites excluding steroid dienone is 2. The Morgan fingerprint density at radius 2 is 1.39 bits per heavy atom. The molecule has 8 N–H and O–H groups in total. The van der Waals surface area contributed by atoms with Crippen LogP contribution < -0.4 is 0 Å². The average molecular weight is 809 g/mol. The van der Waals surface area contributed by atoms with E-state index in [-0.39, 0.29) is 39.8 Å². The average Bonchev–Trinajstić information content (AvgIpc) is 3.13. The van der Waals surface area contributed by atoms with E-state index in [0.717, 1.165) is 37.7 Å². The van der Waals surface area contributed by atoms with Crippen LogP contribution in [-0.2, 0) is 33.3 Å². The molecule has 0 amide bonds. The molecule has 57 heavy (non-hydrogen) atoms. The number of carbonyl (C=O) groups excluding carboxylic acids is 1. The minimum Gasteiger partial charge on any atom is -0.481 e. The van der Waals surface area contributed by atoms with Crippen LogP contribution in [0.15, 0.2) is 11.6 Å². The van der Waals surface area contributed by atoms with Crippen LogP contribution in [0.1, 0.15) is 106 Å². The third-order valence-electron chi connectivity index (χ3n) is 17.2. The van der Waals surface area contributed by atoms with Crippen molar-refractivity contribution in [1.29, 1.82) is 0 Å². The third-order valence-corrected chi connectivity index (χ3v) is 17.2. The van der Waals surface area contributed by atoms with Gasteiger partial charge in [-0.3, -0.25) is 9.59 Å². The minimum absolute atomic E-state index is 0.0188. The lowest BCUT2D eigenvalue weighted by atomic mass is 9.33. The number of ketones is 1. The number of carboxylic acid groups (broad SMARTS) is 2. The number of hydrogen-bond donors (Lipinski definition) is 8. The number of carboxylic acids is 2. The van der Waals surface area contributed by atoms with E-state index >= 15 is 0 Å². The molecule has 2 heterocycles. The monoisotopic (exact) mass is 808 g/mol. The fourth-order valence-corrected chi connectivity index (χ4v) is 13.3. The SMILES string of the molecule is CC1(C)[C@@H](O[C@@H]2O[C@H](CO[C@@H]3O[C@H](C(=O)O)[C@@H](O)[C@H](O)[C@H]3O)[C@@H](O)[C@H](O)[C@H]2O)CC[C@]2(C)[C@H]3C(=O)C=C4[C@H]5C[C@@](C)(C(=O)O)CC[C@]5(C)CC[C@@]4(C)[C@]3(C)CC[C@@H]12. The summed E-state index contributed by atoms with van der Waals surface area (Å²) in [4.78, 5) is 38.8. The van der Waals surface area contributed by atoms with Crippen molar-refractivity contribution in [1.82, 2.24) is 0 Å². The number of aliphatic hydroxyl groups is 6. The summed E-state index contributed by atoms with van der Waals surface area (Å²) < 4.78 is 23.2. The molecule has 6 fully saturated rings. The first-order chi connectivity index (χ1) is 26.4. The molecule has 19 atom stereocenters. The van der Waals surface area contributed by atoms with Gasteiger partial charge in [-0.15, -0.1) is 0 Å². The van der Waals surface area contributed by atoms with Crippen LogP contribution >= 0.6 is 0 Å². The normalized spacial score (nSPS) is 53.4. The Labute approximate surface area is 333 Å². The first kappa shape index (κ1) is 43.1. The first-order valence-corrected chi connectivity index (χ1v) is 20.7. The van der Waals surface area contributed by atoms with Crippen molar-refractivity contribution in [3.05, 3.63) is 11.6 Å². The largest absolute Gasteiger partial charge is 0.481 e. The second-order valence-electron chi connectivity index (χ2n) is 20.6. The minimum atomic E-state index is -1.92. The summed E-state index contributed by atoms with van der Waals surface area (Å²) in [6.45, 7) is 14.6. The van der Waals surface area contributed by atoms with Crippen molar-refractivity contribution in [2.45, 2.75) is 174 Å². The zero-order valence-corrected chi connectivity index (χ0v) is 34.2. The van der Waals surface area contributed by atoms with Gasteiger partial charge in [-0.25, -0.2) is 4.79 Å². The molecule has 0 aromatic heterocycles. The lowest BCUT2D eigenvalue weighted by Crippen LogP contribution is -2.67. The van der Waals surface area contributed by atoms with E-state index in [1.807, 2.05) is 13.0 Å². The van der Waals surface area contributed by atoms with Gasteiger partial charge in [0.05, 0.1) is 18.1 Å². The number of hydrogen-bond acceptors (Lipinski definition) is 13. The lowest BCUT2D eigenvalue weighted by Gasteiger charge is -2.70. The third kappa shape index (κ3) is 6.39. The summed E-state index contributed by atoms with van der Waals surface area (Å²) in [6.07, 6.45) is -8.99. The molecule has 322 valence electrons. The Morgan fingerprint density at radius 1 is 0.754 bits per heavy atom. The van der Waals surface area contributed by atoms with Gasteiger partial charge >= 0.3 is 11.9 Å². The van der Waals surface area contributed by atoms with E-state index < -0.39 is 102 Å². The lowest BCUT2D eigenvalue weighted by molar-refractivity contribution is -0.343. The van der Waals surface area contributed by atoms with Crippen molar-refractivity contribution < 1.29 is 74.2 Å². The highest BCUT2D eigenvalue weighted by Gasteiger charge is 2.70. The Kier molecular flexibility index (Phi) is 10.8. The molecular formula is C42H64O15. The van der Waals surface area contributed by atoms with E-state index in [4.69, 9.17) is 18.9 Å². The van der Waals surface area contributed by atoms with Crippen molar-refractivity contribution in [2.24, 2.45) is 50.2 Å². The molecule has 0 unspecified atom stereocenters. The second-order valence-corrected chi connectivity index (χ2v) is 20.6. The number of carbonyl (C=O) groups is 3. The summed E-state index contributed by atoms with van der Waals surface area (Å²) in [5.74, 6) is -2.48. The van der Waals surface area contributed by atoms with Crippen molar-refractivity contribution in [3.63, 3.8) is 0 Å². The molecule has 5 aliphatic carbocycles. The fourth-order valence-electron chi connectivity index (χ4n) is 13.3. The zero-order chi connectivity index (χ0) is 42.0. The van der Waals surface area contributed by atoms with E-state index in [2.05, 4.69) is 41.5 Å². The van der Waals surface area contributed by atoms with E-state index in [1.54, 1.807) is 0 Å². The molecule has 7 aliphatic rings. The van der Waals surface area contributed by atoms with Gasteiger partial charge in [0.1, 0.15) is 42.7 Å². The highest BCUT2D eigenvalue weighted by molar-refractivity contribution is 5.95. The van der Waals surface area contributed by atoms with E-state index in [0.29, 0.717) is 25.7 Å². The molecule has 2 aliphatic heterocycles. The second kappa shape index (κ2) is 14.3. The van der Waals surface area contributed by atoms with Crippen LogP contribution in [0.25, 0.3) is 0 Å². The van der Waals surface area contributed by atoms with Crippen LogP contribution in [0.4, 0.5) is 0 Å². The molecule has 15 nitrogen and oxygen atoms in total. The fraction of sp³-hybridized carbons (Fsp3) is 0.881. The van der Waals surface area contributed by atoms with Crippen LogP contribution in [0.2, 0.25) is 0 Å². The van der Waals surface area contributed by atoms with Gasteiger partial charge in [-0.2, -0.15) is 0 Å². The first-order valence-electron chi connectivity index (χ1n) is 20.7. The number of ether oxygens (including phenoxy) is 4. The summed E-state index contributed by atoms with van der Waals surface area (Å²) in [5.41, 5.74) is -1.33. The van der Waals surface area contributed by atoms with Crippen LogP contribution in [0, 0.1) is 50.2 Å². The van der Waals surface area contributed by atoms with Crippen molar-refractivity contribution >= 4 is 17.7 Å². The molecule has 0 bridgehead atoms. The van der Waals surface area contributed by atoms with E-state index in [9.17, 15) is 55.2 Å². The molecule has 2 saturated heterocycles. The van der Waals surface area contributed by atoms with Gasteiger partial charge in [-0.1, -0.05) is 47.1 Å². The molecule has 4 saturated carbocycles. The summed E-state index contributed by atoms with van der Waals surface area (Å²) in [5, 5.41) is 83.0. The summed E-state index contributed by atoms with van der Waals surface area (Å²) >= 11 is 0. The number of rotatable bonds is 7. The topological polar surface area (TPSA) is 250 Å². The predicted molar refractivity (Wildman–Crippen MR) is 199 cm³/mol. The van der Waals surface area contributed by atoms with Gasteiger partial charge < -0.3 is 59.8 Å². The molecule has 0 spiro atoms. The van der Waals surface area contributed by atoms with Crippen molar-refractivity contribution in [3.8, 4) is 0 Å². The molecule has 0 aromatic rings. The van der Waals surface area contributed by atoms with Crippen LogP contribution in [0.3, 0.4) is 0 Å². The zero-order valence-electron chi connectivity index (χ0n) is 34.2. The Morgan fingerprint density at radius 3 is 2.04 bits per heavy atom. The maximum Gasteiger partial charge on any atom is 0.335 e. The quantitative estimate of drug-likeness (QED) is 0.172. The highest BCUT2D eigenvalue weighted by Crippen LogP contribution is 2.75. The van der Waals surface area contributed by atoms with Gasteiger partial charge in [0.25, 0.3) is 0 Å². The van der Waals surface area contributed by atoms with Gasteiger partial charge in [0.2, 0.25) is 0 Å². The number of aliphatic hydroxyl groups excluding tert-OH is 6. The van der Waals surface area contributed by atoms with Crippen molar-refractivity contribution in [2.75, 3.05) is 6.61 Å². The number of aliphatic carboxylic acids is 2. The van der Waals surface area contributed by atoms with Gasteiger partial charge in [-0.05, 0) is 110 Å². The Balaban J connectivity index is 1.09. The van der Waals surface area contributed by atoms with Crippen LogP contribution in [0.5, 0.6) is 0 Å². The molecule has 15 heteroatoms. The maximum absolute atomic E-state index is 14.8. The summed E-state index contributed by atoms with van der Waals surface area (Å²) in [7, 11) is 0. The predicted octanol–water partition coefficient (Wildman–Crippen LogP) is 2.15. The standard InChI is InChI=1S/C42H64O15/c1-37(2)23-8-11-42(7)32(21(43)16-19-20-17-39(4,36(52)53)13-12-38(20,3)14-15-41(19,42)6)40(23,5)10-9-24(37)56-35-30(49)26(45)25(44)22(55-35)18-54-34-29(48)27(46)28(47)31(57-34)33(50)51/h16,20,22-32,34-35,44-49H,8-15,17-18H2,1-7H3,(H,50,51)(H,52,53)/t20-,22-,23+,24+,25-,26+,27+,28+,29-,30-,31+,32-,34-,35+,38-,39+,40+,41-,42-/m1/s1. The molecule has 0 radical (unpaired) electrons.